The Kier molecular flexibility index (Phi) is 4.59. The lowest BCUT2D eigenvalue weighted by atomic mass is 9.99. The number of aryl methyl sites for hydroxylation is 2. The van der Waals surface area contributed by atoms with E-state index in [0.29, 0.717) is 17.0 Å². The number of para-hydroxylation sites is 1. The van der Waals surface area contributed by atoms with Crippen LogP contribution in [0.4, 0.5) is 0 Å². The van der Waals surface area contributed by atoms with Gasteiger partial charge in [-0.2, -0.15) is 4.79 Å². The van der Waals surface area contributed by atoms with Gasteiger partial charge in [0.1, 0.15) is 5.69 Å². The quantitative estimate of drug-likeness (QED) is 0.435. The fourth-order valence-corrected chi connectivity index (χ4v) is 3.71. The molecule has 1 N–H and O–H groups in total. The van der Waals surface area contributed by atoms with Crippen LogP contribution < -0.4 is 5.43 Å². The van der Waals surface area contributed by atoms with Crippen molar-refractivity contribution in [1.29, 1.82) is 0 Å². The van der Waals surface area contributed by atoms with Gasteiger partial charge in [0, 0.05) is 17.1 Å². The SMILES string of the molecule is Cc1ccc(-c2cc(C(=O)Nn3ccc(-c4ccco4)n3)c3ccccc3n2)c(C)c1. The second-order valence-electron chi connectivity index (χ2n) is 7.45. The van der Waals surface area contributed by atoms with Gasteiger partial charge in [-0.1, -0.05) is 42.0 Å². The summed E-state index contributed by atoms with van der Waals surface area (Å²) in [6.07, 6.45) is 3.27. The van der Waals surface area contributed by atoms with Crippen molar-refractivity contribution in [3.63, 3.8) is 0 Å². The third-order valence-electron chi connectivity index (χ3n) is 5.20. The first-order valence-electron chi connectivity index (χ1n) is 9.97. The van der Waals surface area contributed by atoms with Crippen molar-refractivity contribution in [3.05, 3.63) is 95.9 Å². The lowest BCUT2D eigenvalue weighted by Gasteiger charge is -2.12. The largest absolute Gasteiger partial charge is 0.463 e. The minimum Gasteiger partial charge on any atom is -0.463 e. The molecule has 1 amide bonds. The van der Waals surface area contributed by atoms with Crippen LogP contribution in [-0.2, 0) is 0 Å². The topological polar surface area (TPSA) is 73.0 Å². The molecule has 0 bridgehead atoms. The van der Waals surface area contributed by atoms with Crippen LogP contribution in [0.1, 0.15) is 21.5 Å². The van der Waals surface area contributed by atoms with Crippen LogP contribution in [0.3, 0.4) is 0 Å². The highest BCUT2D eigenvalue weighted by atomic mass is 16.3. The van der Waals surface area contributed by atoms with Gasteiger partial charge in [-0.3, -0.25) is 4.79 Å². The molecule has 0 atom stereocenters. The Bertz CT molecular complexity index is 1400. The molecular weight excluding hydrogens is 388 g/mol. The normalized spacial score (nSPS) is 11.0. The van der Waals surface area contributed by atoms with Crippen LogP contribution in [0.15, 0.2) is 83.6 Å². The van der Waals surface area contributed by atoms with Crippen molar-refractivity contribution in [2.24, 2.45) is 0 Å². The molecule has 0 fully saturated rings. The molecule has 0 unspecified atom stereocenters. The number of hydrogen-bond acceptors (Lipinski definition) is 4. The number of nitrogens with one attached hydrogen (secondary N) is 1. The number of amides is 1. The van der Waals surface area contributed by atoms with Crippen molar-refractivity contribution in [1.82, 2.24) is 14.9 Å². The van der Waals surface area contributed by atoms with Gasteiger partial charge >= 0.3 is 0 Å². The molecule has 0 aliphatic carbocycles. The van der Waals surface area contributed by atoms with E-state index in [4.69, 9.17) is 9.40 Å². The van der Waals surface area contributed by atoms with E-state index in [-0.39, 0.29) is 5.91 Å². The molecular formula is C25H20N4O2. The van der Waals surface area contributed by atoms with E-state index in [1.54, 1.807) is 24.6 Å². The molecule has 0 saturated carbocycles. The fraction of sp³-hybridized carbons (Fsp3) is 0.0800. The highest BCUT2D eigenvalue weighted by Crippen LogP contribution is 2.28. The van der Waals surface area contributed by atoms with E-state index in [1.165, 1.54) is 10.4 Å². The van der Waals surface area contributed by atoms with Gasteiger partial charge < -0.3 is 4.42 Å². The molecule has 3 heterocycles. The second kappa shape index (κ2) is 7.57. The molecule has 0 spiro atoms. The number of nitrogens with zero attached hydrogens (tertiary/aromatic N) is 3. The highest BCUT2D eigenvalue weighted by molar-refractivity contribution is 6.10. The molecule has 0 saturated heterocycles. The first-order valence-corrected chi connectivity index (χ1v) is 9.97. The maximum atomic E-state index is 13.2. The average Bonchev–Trinajstić information content (AvgIpc) is 3.45. The number of carbonyl (C=O) groups is 1. The molecule has 0 aliphatic heterocycles. The predicted molar refractivity (Wildman–Crippen MR) is 120 cm³/mol. The zero-order valence-corrected chi connectivity index (χ0v) is 17.2. The lowest BCUT2D eigenvalue weighted by Crippen LogP contribution is -2.23. The van der Waals surface area contributed by atoms with Gasteiger partial charge in [-0.05, 0) is 49.7 Å². The maximum absolute atomic E-state index is 13.2. The maximum Gasteiger partial charge on any atom is 0.272 e. The first-order chi connectivity index (χ1) is 15.1. The standard InChI is InChI=1S/C25H20N4O2/c1-16-9-10-18(17(2)14-16)23-15-20(19-6-3-4-7-21(19)26-23)25(30)28-29-12-11-22(27-29)24-8-5-13-31-24/h3-15H,1-2H3,(H,28,30). The van der Waals surface area contributed by atoms with Crippen LogP contribution in [0.5, 0.6) is 0 Å². The number of carbonyl (C=O) groups excluding carboxylic acids is 1. The van der Waals surface area contributed by atoms with Crippen molar-refractivity contribution in [3.8, 4) is 22.7 Å². The number of hydrogen-bond donors (Lipinski definition) is 1. The van der Waals surface area contributed by atoms with Crippen LogP contribution in [0.25, 0.3) is 33.6 Å². The summed E-state index contributed by atoms with van der Waals surface area (Å²) < 4.78 is 5.37. The van der Waals surface area contributed by atoms with Crippen LogP contribution in [0.2, 0.25) is 0 Å². The third-order valence-corrected chi connectivity index (χ3v) is 5.20. The molecule has 0 radical (unpaired) electrons. The molecule has 31 heavy (non-hydrogen) atoms. The number of fused-ring (bicyclic) bond motifs is 1. The van der Waals surface area contributed by atoms with E-state index in [9.17, 15) is 4.79 Å². The van der Waals surface area contributed by atoms with E-state index in [1.807, 2.05) is 42.5 Å². The number of pyridine rings is 1. The molecule has 2 aromatic carbocycles. The summed E-state index contributed by atoms with van der Waals surface area (Å²) in [5, 5.41) is 5.16. The molecule has 6 nitrogen and oxygen atoms in total. The molecule has 5 rings (SSSR count). The van der Waals surface area contributed by atoms with Gasteiger partial charge in [0.25, 0.3) is 5.91 Å². The summed E-state index contributed by atoms with van der Waals surface area (Å²) in [5.74, 6) is 0.373. The fourth-order valence-electron chi connectivity index (χ4n) is 3.71. The molecule has 152 valence electrons. The van der Waals surface area contributed by atoms with Gasteiger partial charge in [0.2, 0.25) is 0 Å². The molecule has 6 heteroatoms. The summed E-state index contributed by atoms with van der Waals surface area (Å²) in [5.41, 5.74) is 8.84. The van der Waals surface area contributed by atoms with Crippen molar-refractivity contribution < 1.29 is 9.21 Å². The summed E-state index contributed by atoms with van der Waals surface area (Å²) in [4.78, 5) is 19.4. The zero-order chi connectivity index (χ0) is 21.4. The minimum atomic E-state index is -0.265. The summed E-state index contributed by atoms with van der Waals surface area (Å²) >= 11 is 0. The Hall–Kier alpha value is -4.19. The van der Waals surface area contributed by atoms with Gasteiger partial charge in [-0.15, -0.1) is 5.10 Å². The number of benzene rings is 2. The van der Waals surface area contributed by atoms with Gasteiger partial charge in [0.15, 0.2) is 5.76 Å². The van der Waals surface area contributed by atoms with Crippen molar-refractivity contribution in [2.75, 3.05) is 5.43 Å². The number of furan rings is 1. The van der Waals surface area contributed by atoms with Crippen LogP contribution in [-0.4, -0.2) is 20.8 Å². The Balaban J connectivity index is 1.54. The van der Waals surface area contributed by atoms with Crippen LogP contribution in [0, 0.1) is 13.8 Å². The van der Waals surface area contributed by atoms with E-state index < -0.39 is 0 Å². The number of rotatable bonds is 4. The summed E-state index contributed by atoms with van der Waals surface area (Å²) in [7, 11) is 0. The predicted octanol–water partition coefficient (Wildman–Crippen LogP) is 5.36. The summed E-state index contributed by atoms with van der Waals surface area (Å²) in [6.45, 7) is 4.11. The van der Waals surface area contributed by atoms with Crippen molar-refractivity contribution >= 4 is 16.8 Å². The monoisotopic (exact) mass is 408 g/mol. The highest BCUT2D eigenvalue weighted by Gasteiger charge is 2.16. The lowest BCUT2D eigenvalue weighted by molar-refractivity contribution is 0.101. The third kappa shape index (κ3) is 3.59. The van der Waals surface area contributed by atoms with Gasteiger partial charge in [0.05, 0.1) is 23.0 Å². The minimum absolute atomic E-state index is 0.265. The molecule has 5 aromatic rings. The Morgan fingerprint density at radius 1 is 0.968 bits per heavy atom. The Morgan fingerprint density at radius 3 is 2.65 bits per heavy atom. The number of aromatic nitrogens is 3. The van der Waals surface area contributed by atoms with E-state index in [0.717, 1.165) is 27.7 Å². The van der Waals surface area contributed by atoms with Crippen molar-refractivity contribution in [2.45, 2.75) is 13.8 Å². The first kappa shape index (κ1) is 18.8. The van der Waals surface area contributed by atoms with Gasteiger partial charge in [-0.25, -0.2) is 10.4 Å². The molecule has 0 aliphatic rings. The zero-order valence-electron chi connectivity index (χ0n) is 17.2. The smallest absolute Gasteiger partial charge is 0.272 e. The Labute approximate surface area is 179 Å². The Morgan fingerprint density at radius 2 is 1.84 bits per heavy atom. The van der Waals surface area contributed by atoms with Crippen LogP contribution >= 0.6 is 0 Å². The average molecular weight is 408 g/mol. The van der Waals surface area contributed by atoms with E-state index >= 15 is 0 Å². The summed E-state index contributed by atoms with van der Waals surface area (Å²) in [6, 6.07) is 21.1. The van der Waals surface area contributed by atoms with E-state index in [2.05, 4.69) is 36.5 Å². The molecule has 3 aromatic heterocycles. The second-order valence-corrected chi connectivity index (χ2v) is 7.45.